The van der Waals surface area contributed by atoms with Crippen LogP contribution in [0.4, 0.5) is 4.39 Å². The van der Waals surface area contributed by atoms with E-state index >= 15 is 0 Å². The van der Waals surface area contributed by atoms with Crippen molar-refractivity contribution in [2.75, 3.05) is 0 Å². The fourth-order valence-corrected chi connectivity index (χ4v) is 3.30. The summed E-state index contributed by atoms with van der Waals surface area (Å²) in [5.41, 5.74) is 1.30. The lowest BCUT2D eigenvalue weighted by molar-refractivity contribution is 0.0879. The average molecular weight is 306 g/mol. The maximum Gasteiger partial charge on any atom is 0.127 e. The minimum atomic E-state index is -0.203. The summed E-state index contributed by atoms with van der Waals surface area (Å²) in [7, 11) is 0. The summed E-state index contributed by atoms with van der Waals surface area (Å²) in [6.07, 6.45) is 4.78. The van der Waals surface area contributed by atoms with Crippen LogP contribution < -0.4 is 4.74 Å². The topological polar surface area (TPSA) is 9.23 Å². The van der Waals surface area contributed by atoms with E-state index in [4.69, 9.17) is 4.74 Å². The van der Waals surface area contributed by atoms with Crippen LogP contribution in [-0.2, 0) is 5.41 Å². The number of ether oxygens (including phenoxy) is 1. The van der Waals surface area contributed by atoms with Gasteiger partial charge in [0.15, 0.2) is 0 Å². The molecule has 0 unspecified atom stereocenters. The molecule has 0 amide bonds. The molecule has 2 heteroatoms. The summed E-state index contributed by atoms with van der Waals surface area (Å²) in [5.74, 6) is 1.25. The second kappa shape index (κ2) is 6.22. The van der Waals surface area contributed by atoms with Crippen molar-refractivity contribution in [3.05, 3.63) is 29.6 Å². The minimum Gasteiger partial charge on any atom is -0.490 e. The van der Waals surface area contributed by atoms with Crippen molar-refractivity contribution in [1.82, 2.24) is 0 Å². The van der Waals surface area contributed by atoms with E-state index in [2.05, 4.69) is 41.5 Å². The molecule has 1 fully saturated rings. The monoisotopic (exact) mass is 306 g/mol. The third-order valence-electron chi connectivity index (χ3n) is 4.94. The average Bonchev–Trinajstić information content (AvgIpc) is 2.36. The van der Waals surface area contributed by atoms with Crippen molar-refractivity contribution in [2.24, 2.45) is 11.3 Å². The van der Waals surface area contributed by atoms with Crippen LogP contribution in [0.15, 0.2) is 18.2 Å². The van der Waals surface area contributed by atoms with Gasteiger partial charge in [-0.2, -0.15) is 0 Å². The number of hydrogen-bond donors (Lipinski definition) is 0. The van der Waals surface area contributed by atoms with E-state index in [1.807, 2.05) is 6.07 Å². The third kappa shape index (κ3) is 4.47. The van der Waals surface area contributed by atoms with Crippen LogP contribution in [0.1, 0.15) is 72.8 Å². The van der Waals surface area contributed by atoms with E-state index < -0.39 is 0 Å². The molecule has 0 spiro atoms. The van der Waals surface area contributed by atoms with E-state index in [0.29, 0.717) is 11.2 Å². The molecule has 1 saturated carbocycles. The normalized spacial score (nSPS) is 23.4. The molecule has 124 valence electrons. The molecule has 22 heavy (non-hydrogen) atoms. The highest BCUT2D eigenvalue weighted by atomic mass is 19.1. The molecule has 0 heterocycles. The molecular formula is C20H31FO. The Kier molecular flexibility index (Phi) is 4.89. The van der Waals surface area contributed by atoms with E-state index in [-0.39, 0.29) is 17.3 Å². The fraction of sp³-hybridized carbons (Fsp3) is 0.700. The molecule has 0 saturated heterocycles. The Labute approximate surface area is 135 Å². The maximum absolute atomic E-state index is 13.9. The molecule has 0 aliphatic heterocycles. The van der Waals surface area contributed by atoms with E-state index in [0.717, 1.165) is 24.3 Å². The zero-order valence-electron chi connectivity index (χ0n) is 15.0. The summed E-state index contributed by atoms with van der Waals surface area (Å²) < 4.78 is 19.9. The van der Waals surface area contributed by atoms with Crippen LogP contribution in [0.3, 0.4) is 0 Å². The van der Waals surface area contributed by atoms with Crippen molar-refractivity contribution in [2.45, 2.75) is 78.7 Å². The Morgan fingerprint density at radius 1 is 0.909 bits per heavy atom. The second-order valence-electron chi connectivity index (χ2n) is 8.88. The van der Waals surface area contributed by atoms with Gasteiger partial charge in [-0.3, -0.25) is 0 Å². The van der Waals surface area contributed by atoms with Gasteiger partial charge < -0.3 is 4.74 Å². The highest BCUT2D eigenvalue weighted by molar-refractivity contribution is 5.33. The van der Waals surface area contributed by atoms with E-state index in [1.54, 1.807) is 6.07 Å². The minimum absolute atomic E-state index is 0.0654. The SMILES string of the molecule is CC(C)(C)c1cc(F)cc(OC2CCC(C(C)(C)C)CC2)c1. The van der Waals surface area contributed by atoms with Gasteiger partial charge in [0.2, 0.25) is 0 Å². The lowest BCUT2D eigenvalue weighted by Gasteiger charge is -2.37. The van der Waals surface area contributed by atoms with E-state index in [1.165, 1.54) is 18.9 Å². The Morgan fingerprint density at radius 2 is 1.50 bits per heavy atom. The molecule has 0 radical (unpaired) electrons. The molecule has 1 nitrogen and oxygen atoms in total. The van der Waals surface area contributed by atoms with Crippen LogP contribution in [0.5, 0.6) is 5.75 Å². The van der Waals surface area contributed by atoms with Gasteiger partial charge in [0.25, 0.3) is 0 Å². The van der Waals surface area contributed by atoms with E-state index in [9.17, 15) is 4.39 Å². The number of rotatable bonds is 2. The first-order valence-corrected chi connectivity index (χ1v) is 8.53. The fourth-order valence-electron chi connectivity index (χ4n) is 3.30. The van der Waals surface area contributed by atoms with Crippen molar-refractivity contribution in [3.8, 4) is 5.75 Å². The maximum atomic E-state index is 13.9. The smallest absolute Gasteiger partial charge is 0.127 e. The predicted molar refractivity (Wildman–Crippen MR) is 90.9 cm³/mol. The molecule has 1 aliphatic carbocycles. The second-order valence-corrected chi connectivity index (χ2v) is 8.88. The highest BCUT2D eigenvalue weighted by Gasteiger charge is 2.30. The van der Waals surface area contributed by atoms with Crippen LogP contribution in [-0.4, -0.2) is 6.10 Å². The number of benzene rings is 1. The standard InChI is InChI=1S/C20H31FO/c1-19(2,3)14-7-9-17(10-8-14)22-18-12-15(20(4,5)6)11-16(21)13-18/h11-14,17H,7-10H2,1-6H3. The first-order valence-electron chi connectivity index (χ1n) is 8.53. The van der Waals surface area contributed by atoms with Crippen molar-refractivity contribution in [3.63, 3.8) is 0 Å². The van der Waals surface area contributed by atoms with Gasteiger partial charge in [-0.25, -0.2) is 4.39 Å². The lowest BCUT2D eigenvalue weighted by atomic mass is 9.72. The molecule has 1 aromatic carbocycles. The molecule has 0 atom stereocenters. The molecule has 0 N–H and O–H groups in total. The van der Waals surface area contributed by atoms with Gasteiger partial charge in [-0.05, 0) is 60.1 Å². The van der Waals surface area contributed by atoms with Gasteiger partial charge in [0.05, 0.1) is 6.10 Å². The molecule has 0 bridgehead atoms. The Hall–Kier alpha value is -1.05. The first-order chi connectivity index (χ1) is 10.1. The zero-order valence-corrected chi connectivity index (χ0v) is 15.0. The zero-order chi connectivity index (χ0) is 16.5. The Morgan fingerprint density at radius 3 is 2.00 bits per heavy atom. The molecular weight excluding hydrogens is 275 g/mol. The number of halogens is 1. The highest BCUT2D eigenvalue weighted by Crippen LogP contribution is 2.39. The van der Waals surface area contributed by atoms with Crippen molar-refractivity contribution >= 4 is 0 Å². The van der Waals surface area contributed by atoms with Gasteiger partial charge in [-0.1, -0.05) is 41.5 Å². The number of hydrogen-bond acceptors (Lipinski definition) is 1. The molecule has 1 aliphatic rings. The summed E-state index contributed by atoms with van der Waals surface area (Å²) in [4.78, 5) is 0. The summed E-state index contributed by atoms with van der Waals surface area (Å²) in [6.45, 7) is 13.3. The van der Waals surface area contributed by atoms with Gasteiger partial charge >= 0.3 is 0 Å². The Balaban J connectivity index is 2.02. The van der Waals surface area contributed by atoms with Crippen LogP contribution in [0, 0.1) is 17.2 Å². The summed E-state index contributed by atoms with van der Waals surface area (Å²) >= 11 is 0. The van der Waals surface area contributed by atoms with Crippen LogP contribution in [0.2, 0.25) is 0 Å². The summed E-state index contributed by atoms with van der Waals surface area (Å²) in [5, 5.41) is 0. The molecule has 0 aromatic heterocycles. The van der Waals surface area contributed by atoms with Crippen LogP contribution >= 0.6 is 0 Å². The molecule has 1 aromatic rings. The van der Waals surface area contributed by atoms with Gasteiger partial charge in [0.1, 0.15) is 11.6 Å². The molecule has 2 rings (SSSR count). The van der Waals surface area contributed by atoms with Crippen LogP contribution in [0.25, 0.3) is 0 Å². The lowest BCUT2D eigenvalue weighted by Crippen LogP contribution is -2.30. The van der Waals surface area contributed by atoms with Gasteiger partial charge in [-0.15, -0.1) is 0 Å². The first kappa shape index (κ1) is 17.3. The summed E-state index contributed by atoms with van der Waals surface area (Å²) in [6, 6.07) is 5.13. The van der Waals surface area contributed by atoms with Gasteiger partial charge in [0, 0.05) is 6.07 Å². The Bertz CT molecular complexity index is 499. The quantitative estimate of drug-likeness (QED) is 0.641. The predicted octanol–water partition coefficient (Wildman–Crippen LogP) is 6.11. The van der Waals surface area contributed by atoms with Crippen molar-refractivity contribution in [1.29, 1.82) is 0 Å². The third-order valence-corrected chi connectivity index (χ3v) is 4.94. The largest absolute Gasteiger partial charge is 0.490 e. The van der Waals surface area contributed by atoms with Crippen molar-refractivity contribution < 1.29 is 9.13 Å².